The van der Waals surface area contributed by atoms with Crippen LogP contribution in [0.2, 0.25) is 0 Å². The van der Waals surface area contributed by atoms with Gasteiger partial charge < -0.3 is 5.11 Å². The van der Waals surface area contributed by atoms with Crippen LogP contribution in [0.4, 0.5) is 0 Å². The molecule has 1 aliphatic heterocycles. The van der Waals surface area contributed by atoms with Gasteiger partial charge in [-0.3, -0.25) is 4.90 Å². The lowest BCUT2D eigenvalue weighted by Crippen LogP contribution is -2.42. The molecule has 2 heteroatoms. The smallest absolute Gasteiger partial charge is 0.0926 e. The van der Waals surface area contributed by atoms with Gasteiger partial charge in [0.2, 0.25) is 0 Å². The molecule has 1 N–H and O–H groups in total. The van der Waals surface area contributed by atoms with Gasteiger partial charge in [0, 0.05) is 19.6 Å². The first kappa shape index (κ1) is 15.4. The second kappa shape index (κ2) is 6.39. The molecule has 24 heavy (non-hydrogen) atoms. The molecule has 1 heterocycles. The van der Waals surface area contributed by atoms with Crippen LogP contribution in [0.1, 0.15) is 24.0 Å². The van der Waals surface area contributed by atoms with Gasteiger partial charge in [0.1, 0.15) is 0 Å². The van der Waals surface area contributed by atoms with Gasteiger partial charge in [-0.2, -0.15) is 0 Å². The number of aliphatic hydroxyl groups is 1. The lowest BCUT2D eigenvalue weighted by atomic mass is 9.82. The monoisotopic (exact) mass is 317 g/mol. The van der Waals surface area contributed by atoms with Crippen LogP contribution in [0.5, 0.6) is 0 Å². The molecule has 3 aromatic rings. The minimum Gasteiger partial charge on any atom is -0.385 e. The van der Waals surface area contributed by atoms with E-state index >= 15 is 0 Å². The topological polar surface area (TPSA) is 23.5 Å². The molecule has 1 aliphatic rings. The fourth-order valence-electron chi connectivity index (χ4n) is 3.82. The Labute approximate surface area is 143 Å². The van der Waals surface area contributed by atoms with E-state index in [1.165, 1.54) is 16.3 Å². The van der Waals surface area contributed by atoms with E-state index in [1.807, 2.05) is 0 Å². The summed E-state index contributed by atoms with van der Waals surface area (Å²) in [6, 6.07) is 25.2. The summed E-state index contributed by atoms with van der Waals surface area (Å²) >= 11 is 0. The average molecular weight is 317 g/mol. The number of rotatable bonds is 3. The molecule has 0 unspecified atom stereocenters. The van der Waals surface area contributed by atoms with Gasteiger partial charge in [0.15, 0.2) is 0 Å². The van der Waals surface area contributed by atoms with Crippen molar-refractivity contribution in [3.05, 3.63) is 83.9 Å². The molecule has 0 atom stereocenters. The van der Waals surface area contributed by atoms with Crippen molar-refractivity contribution in [2.75, 3.05) is 13.1 Å². The second-order valence-corrected chi connectivity index (χ2v) is 6.82. The minimum absolute atomic E-state index is 0.714. The van der Waals surface area contributed by atoms with Crippen LogP contribution < -0.4 is 0 Å². The van der Waals surface area contributed by atoms with Crippen LogP contribution in [-0.4, -0.2) is 23.1 Å². The Bertz CT molecular complexity index is 814. The summed E-state index contributed by atoms with van der Waals surface area (Å²) in [6.07, 6.45) is 1.57. The summed E-state index contributed by atoms with van der Waals surface area (Å²) in [6.45, 7) is 2.82. The van der Waals surface area contributed by atoms with Crippen molar-refractivity contribution in [2.45, 2.75) is 25.0 Å². The third kappa shape index (κ3) is 2.95. The lowest BCUT2D eigenvalue weighted by molar-refractivity contribution is -0.0265. The Morgan fingerprint density at radius 3 is 2.25 bits per heavy atom. The highest BCUT2D eigenvalue weighted by molar-refractivity contribution is 5.86. The first-order valence-corrected chi connectivity index (χ1v) is 8.72. The summed E-state index contributed by atoms with van der Waals surface area (Å²) in [4.78, 5) is 2.44. The van der Waals surface area contributed by atoms with Gasteiger partial charge in [-0.25, -0.2) is 0 Å². The van der Waals surface area contributed by atoms with E-state index in [2.05, 4.69) is 77.7 Å². The van der Waals surface area contributed by atoms with E-state index < -0.39 is 5.60 Å². The predicted molar refractivity (Wildman–Crippen MR) is 98.8 cm³/mol. The van der Waals surface area contributed by atoms with E-state index in [0.29, 0.717) is 0 Å². The van der Waals surface area contributed by atoms with Crippen LogP contribution >= 0.6 is 0 Å². The Morgan fingerprint density at radius 2 is 1.46 bits per heavy atom. The molecule has 122 valence electrons. The molecule has 4 rings (SSSR count). The number of likely N-dealkylation sites (tertiary alicyclic amines) is 1. The van der Waals surface area contributed by atoms with Crippen molar-refractivity contribution in [3.8, 4) is 0 Å². The summed E-state index contributed by atoms with van der Waals surface area (Å²) in [5.41, 5.74) is 1.71. The van der Waals surface area contributed by atoms with Crippen LogP contribution in [0.3, 0.4) is 0 Å². The summed E-state index contributed by atoms with van der Waals surface area (Å²) in [5, 5.41) is 13.7. The molecular formula is C22H23NO. The highest BCUT2D eigenvalue weighted by Gasteiger charge is 2.34. The van der Waals surface area contributed by atoms with Crippen LogP contribution in [0, 0.1) is 0 Å². The molecule has 0 amide bonds. The van der Waals surface area contributed by atoms with Crippen molar-refractivity contribution < 1.29 is 5.11 Å². The second-order valence-electron chi connectivity index (χ2n) is 6.82. The maximum absolute atomic E-state index is 11.3. The molecule has 0 saturated carbocycles. The quantitative estimate of drug-likeness (QED) is 0.777. The lowest BCUT2D eigenvalue weighted by Gasteiger charge is -2.39. The minimum atomic E-state index is -0.714. The Morgan fingerprint density at radius 1 is 0.792 bits per heavy atom. The van der Waals surface area contributed by atoms with Crippen LogP contribution in [-0.2, 0) is 12.1 Å². The zero-order valence-corrected chi connectivity index (χ0v) is 13.9. The highest BCUT2D eigenvalue weighted by atomic mass is 16.3. The predicted octanol–water partition coefficient (Wildman–Crippen LogP) is 4.32. The molecule has 0 radical (unpaired) electrons. The Balaban J connectivity index is 1.53. The first-order chi connectivity index (χ1) is 11.7. The van der Waals surface area contributed by atoms with Crippen LogP contribution in [0.15, 0.2) is 72.8 Å². The molecule has 3 aromatic carbocycles. The highest BCUT2D eigenvalue weighted by Crippen LogP contribution is 2.37. The van der Waals surface area contributed by atoms with Gasteiger partial charge >= 0.3 is 0 Å². The zero-order chi connectivity index (χ0) is 16.4. The van der Waals surface area contributed by atoms with Crippen molar-refractivity contribution in [3.63, 3.8) is 0 Å². The fourth-order valence-corrected chi connectivity index (χ4v) is 3.82. The number of benzene rings is 3. The number of piperidine rings is 1. The maximum Gasteiger partial charge on any atom is 0.0926 e. The van der Waals surface area contributed by atoms with E-state index in [4.69, 9.17) is 0 Å². The van der Waals surface area contributed by atoms with Gasteiger partial charge in [-0.05, 0) is 34.7 Å². The SMILES string of the molecule is OC1(c2cccc3ccccc23)CCN(Cc2ccccc2)CC1. The molecule has 0 aliphatic carbocycles. The first-order valence-electron chi connectivity index (χ1n) is 8.72. The largest absolute Gasteiger partial charge is 0.385 e. The van der Waals surface area contributed by atoms with Gasteiger partial charge in [0.25, 0.3) is 0 Å². The Kier molecular flexibility index (Phi) is 4.09. The fraction of sp³-hybridized carbons (Fsp3) is 0.273. The average Bonchev–Trinajstić information content (AvgIpc) is 2.64. The van der Waals surface area contributed by atoms with E-state index in [-0.39, 0.29) is 0 Å². The maximum atomic E-state index is 11.3. The van der Waals surface area contributed by atoms with Gasteiger partial charge in [-0.1, -0.05) is 72.8 Å². The number of hydrogen-bond acceptors (Lipinski definition) is 2. The molecule has 0 aromatic heterocycles. The summed E-state index contributed by atoms with van der Waals surface area (Å²) < 4.78 is 0. The van der Waals surface area contributed by atoms with Crippen LogP contribution in [0.25, 0.3) is 10.8 Å². The zero-order valence-electron chi connectivity index (χ0n) is 13.9. The van der Waals surface area contributed by atoms with Gasteiger partial charge in [-0.15, -0.1) is 0 Å². The third-order valence-electron chi connectivity index (χ3n) is 5.22. The van der Waals surface area contributed by atoms with Crippen molar-refractivity contribution in [1.82, 2.24) is 4.90 Å². The number of nitrogens with zero attached hydrogens (tertiary/aromatic N) is 1. The van der Waals surface area contributed by atoms with E-state index in [0.717, 1.165) is 38.0 Å². The van der Waals surface area contributed by atoms with E-state index in [1.54, 1.807) is 0 Å². The molecule has 1 fully saturated rings. The molecular weight excluding hydrogens is 294 g/mol. The molecule has 2 nitrogen and oxygen atoms in total. The summed E-state index contributed by atoms with van der Waals surface area (Å²) in [5.74, 6) is 0. The Hall–Kier alpha value is -2.16. The van der Waals surface area contributed by atoms with Gasteiger partial charge in [0.05, 0.1) is 5.60 Å². The number of hydrogen-bond donors (Lipinski definition) is 1. The number of fused-ring (bicyclic) bond motifs is 1. The molecule has 0 bridgehead atoms. The third-order valence-corrected chi connectivity index (χ3v) is 5.22. The standard InChI is InChI=1S/C22H23NO/c24-22(21-12-6-10-19-9-4-5-11-20(19)21)13-15-23(16-14-22)17-18-7-2-1-3-8-18/h1-12,24H,13-17H2. The van der Waals surface area contributed by atoms with Crippen molar-refractivity contribution >= 4 is 10.8 Å². The summed E-state index contributed by atoms with van der Waals surface area (Å²) in [7, 11) is 0. The molecule has 1 saturated heterocycles. The van der Waals surface area contributed by atoms with Crippen molar-refractivity contribution in [2.24, 2.45) is 0 Å². The van der Waals surface area contributed by atoms with E-state index in [9.17, 15) is 5.11 Å². The van der Waals surface area contributed by atoms with Crippen molar-refractivity contribution in [1.29, 1.82) is 0 Å². The molecule has 0 spiro atoms. The normalized spacial score (nSPS) is 17.9.